The number of hydrogen-bond acceptors (Lipinski definition) is 5. The fraction of sp³-hybridized carbons (Fsp3) is 0.533. The Morgan fingerprint density at radius 3 is 2.81 bits per heavy atom. The number of carboxylic acids is 1. The maximum Gasteiger partial charge on any atom is 0.323 e. The van der Waals surface area contributed by atoms with Crippen LogP contribution < -0.4 is 15.0 Å². The van der Waals surface area contributed by atoms with E-state index in [0.29, 0.717) is 25.5 Å². The van der Waals surface area contributed by atoms with Gasteiger partial charge in [0.2, 0.25) is 0 Å². The smallest absolute Gasteiger partial charge is 0.323 e. The molecule has 0 unspecified atom stereocenters. The molecule has 1 aromatic rings. The summed E-state index contributed by atoms with van der Waals surface area (Å²) in [4.78, 5) is 12.5. The van der Waals surface area contributed by atoms with Crippen LogP contribution in [0.3, 0.4) is 0 Å². The van der Waals surface area contributed by atoms with Crippen LogP contribution in [0.1, 0.15) is 12.5 Å². The zero-order valence-corrected chi connectivity index (χ0v) is 12.9. The summed E-state index contributed by atoms with van der Waals surface area (Å²) >= 11 is 0. The summed E-state index contributed by atoms with van der Waals surface area (Å²) in [5.41, 5.74) is 1.86. The molecule has 0 amide bonds. The molecule has 0 atom stereocenters. The number of nitrogens with one attached hydrogen (secondary N) is 1. The van der Waals surface area contributed by atoms with Gasteiger partial charge >= 0.3 is 5.97 Å². The van der Waals surface area contributed by atoms with Gasteiger partial charge in [0.1, 0.15) is 12.3 Å². The Hall–Kier alpha value is -1.79. The molecule has 1 rings (SSSR count). The van der Waals surface area contributed by atoms with Crippen LogP contribution in [0.4, 0.5) is 5.69 Å². The highest BCUT2D eigenvalue weighted by molar-refractivity contribution is 5.75. The van der Waals surface area contributed by atoms with Crippen molar-refractivity contribution in [1.82, 2.24) is 5.32 Å². The molecule has 0 saturated heterocycles. The Kier molecular flexibility index (Phi) is 7.56. The first kappa shape index (κ1) is 17.3. The van der Waals surface area contributed by atoms with Gasteiger partial charge in [-0.1, -0.05) is 6.07 Å². The van der Waals surface area contributed by atoms with Crippen LogP contribution in [0.15, 0.2) is 18.2 Å². The van der Waals surface area contributed by atoms with Crippen LogP contribution in [0.5, 0.6) is 5.75 Å². The minimum Gasteiger partial charge on any atom is -0.492 e. The lowest BCUT2D eigenvalue weighted by Gasteiger charge is -2.21. The van der Waals surface area contributed by atoms with E-state index in [2.05, 4.69) is 5.32 Å². The molecule has 0 aromatic heterocycles. The number of aliphatic carboxylic acids is 1. The summed E-state index contributed by atoms with van der Waals surface area (Å²) in [5.74, 6) is -0.169. The van der Waals surface area contributed by atoms with Gasteiger partial charge < -0.3 is 24.8 Å². The lowest BCUT2D eigenvalue weighted by Crippen LogP contribution is -2.25. The molecular formula is C15H24N2O4. The molecule has 1 aromatic carbocycles. The third kappa shape index (κ3) is 6.01. The highest BCUT2D eigenvalue weighted by atomic mass is 16.5. The standard InChI is InChI=1S/C15H24N2O4/c1-4-21-14-9-12(10-16-7-8-20-3)5-6-13(14)17(2)11-15(18)19/h5-6,9,16H,4,7-8,10-11H2,1-3H3,(H,18,19). The molecule has 6 nitrogen and oxygen atoms in total. The number of carbonyl (C=O) groups is 1. The number of anilines is 1. The average Bonchev–Trinajstić information content (AvgIpc) is 2.43. The van der Waals surface area contributed by atoms with E-state index in [-0.39, 0.29) is 6.54 Å². The zero-order chi connectivity index (χ0) is 15.7. The molecule has 0 radical (unpaired) electrons. The monoisotopic (exact) mass is 296 g/mol. The summed E-state index contributed by atoms with van der Waals surface area (Å²) in [7, 11) is 3.41. The minimum atomic E-state index is -0.870. The van der Waals surface area contributed by atoms with Crippen LogP contribution >= 0.6 is 0 Å². The summed E-state index contributed by atoms with van der Waals surface area (Å²) < 4.78 is 10.6. The summed E-state index contributed by atoms with van der Waals surface area (Å²) in [5, 5.41) is 12.1. The third-order valence-electron chi connectivity index (χ3n) is 2.92. The molecule has 0 heterocycles. The number of rotatable bonds is 10. The molecule has 0 saturated carbocycles. The van der Waals surface area contributed by atoms with Crippen LogP contribution in [-0.2, 0) is 16.1 Å². The Labute approximate surface area is 125 Å². The van der Waals surface area contributed by atoms with Crippen molar-refractivity contribution in [2.75, 3.05) is 45.4 Å². The normalized spacial score (nSPS) is 10.4. The Bertz CT molecular complexity index is 451. The zero-order valence-electron chi connectivity index (χ0n) is 12.9. The highest BCUT2D eigenvalue weighted by Gasteiger charge is 2.12. The van der Waals surface area contributed by atoms with Crippen LogP contribution in [0.25, 0.3) is 0 Å². The van der Waals surface area contributed by atoms with Gasteiger partial charge in [0.15, 0.2) is 0 Å². The van der Waals surface area contributed by atoms with E-state index in [4.69, 9.17) is 14.6 Å². The van der Waals surface area contributed by atoms with Crippen molar-refractivity contribution in [2.24, 2.45) is 0 Å². The lowest BCUT2D eigenvalue weighted by atomic mass is 10.1. The molecule has 0 aliphatic rings. The van der Waals surface area contributed by atoms with Crippen molar-refractivity contribution in [3.63, 3.8) is 0 Å². The molecular weight excluding hydrogens is 272 g/mol. The fourth-order valence-electron chi connectivity index (χ4n) is 1.95. The number of ether oxygens (including phenoxy) is 2. The van der Waals surface area contributed by atoms with Gasteiger partial charge in [-0.15, -0.1) is 0 Å². The maximum absolute atomic E-state index is 10.8. The van der Waals surface area contributed by atoms with E-state index in [1.165, 1.54) is 0 Å². The van der Waals surface area contributed by atoms with Crippen molar-refractivity contribution in [3.8, 4) is 5.75 Å². The van der Waals surface area contributed by atoms with Gasteiger partial charge in [0, 0.05) is 27.2 Å². The Morgan fingerprint density at radius 2 is 2.19 bits per heavy atom. The van der Waals surface area contributed by atoms with Gasteiger partial charge in [-0.25, -0.2) is 0 Å². The van der Waals surface area contributed by atoms with E-state index < -0.39 is 5.97 Å². The lowest BCUT2D eigenvalue weighted by molar-refractivity contribution is -0.135. The SMILES string of the molecule is CCOc1cc(CNCCOC)ccc1N(C)CC(=O)O. The molecule has 21 heavy (non-hydrogen) atoms. The van der Waals surface area contributed by atoms with Gasteiger partial charge in [-0.3, -0.25) is 4.79 Å². The molecule has 2 N–H and O–H groups in total. The first-order chi connectivity index (χ1) is 10.1. The topological polar surface area (TPSA) is 71.0 Å². The molecule has 0 aliphatic heterocycles. The van der Waals surface area contributed by atoms with Gasteiger partial charge in [-0.05, 0) is 24.6 Å². The fourth-order valence-corrected chi connectivity index (χ4v) is 1.95. The van der Waals surface area contributed by atoms with E-state index in [9.17, 15) is 4.79 Å². The number of methoxy groups -OCH3 is 1. The quantitative estimate of drug-likeness (QED) is 0.635. The molecule has 0 aliphatic carbocycles. The van der Waals surface area contributed by atoms with E-state index >= 15 is 0 Å². The predicted molar refractivity (Wildman–Crippen MR) is 82.1 cm³/mol. The van der Waals surface area contributed by atoms with Crippen LogP contribution in [0.2, 0.25) is 0 Å². The number of nitrogens with zero attached hydrogens (tertiary/aromatic N) is 1. The minimum absolute atomic E-state index is 0.0640. The molecule has 0 spiro atoms. The summed E-state index contributed by atoms with van der Waals surface area (Å²) in [6.07, 6.45) is 0. The van der Waals surface area contributed by atoms with Gasteiger partial charge in [0.05, 0.1) is 18.9 Å². The van der Waals surface area contributed by atoms with Crippen molar-refractivity contribution in [3.05, 3.63) is 23.8 Å². The second-order valence-corrected chi connectivity index (χ2v) is 4.65. The highest BCUT2D eigenvalue weighted by Crippen LogP contribution is 2.28. The first-order valence-corrected chi connectivity index (χ1v) is 6.96. The predicted octanol–water partition coefficient (Wildman–Crippen LogP) is 1.34. The van der Waals surface area contributed by atoms with Crippen LogP contribution in [0, 0.1) is 0 Å². The average molecular weight is 296 g/mol. The van der Waals surface area contributed by atoms with E-state index in [0.717, 1.165) is 17.8 Å². The maximum atomic E-state index is 10.8. The molecule has 0 fully saturated rings. The largest absolute Gasteiger partial charge is 0.492 e. The van der Waals surface area contributed by atoms with E-state index in [1.807, 2.05) is 25.1 Å². The number of carboxylic acid groups (broad SMARTS) is 1. The number of hydrogen-bond donors (Lipinski definition) is 2. The van der Waals surface area contributed by atoms with E-state index in [1.54, 1.807) is 19.1 Å². The third-order valence-corrected chi connectivity index (χ3v) is 2.92. The first-order valence-electron chi connectivity index (χ1n) is 6.96. The van der Waals surface area contributed by atoms with Crippen molar-refractivity contribution in [2.45, 2.75) is 13.5 Å². The molecule has 0 bridgehead atoms. The van der Waals surface area contributed by atoms with Crippen molar-refractivity contribution >= 4 is 11.7 Å². The van der Waals surface area contributed by atoms with Crippen molar-refractivity contribution < 1.29 is 19.4 Å². The van der Waals surface area contributed by atoms with Crippen LogP contribution in [-0.4, -0.2) is 51.5 Å². The summed E-state index contributed by atoms with van der Waals surface area (Å²) in [6, 6.07) is 5.80. The number of likely N-dealkylation sites (N-methyl/N-ethyl adjacent to an activating group) is 1. The molecule has 118 valence electrons. The number of benzene rings is 1. The second kappa shape index (κ2) is 9.20. The Morgan fingerprint density at radius 1 is 1.43 bits per heavy atom. The summed E-state index contributed by atoms with van der Waals surface area (Å²) in [6.45, 7) is 4.54. The van der Waals surface area contributed by atoms with Gasteiger partial charge in [-0.2, -0.15) is 0 Å². The Balaban J connectivity index is 2.78. The molecule has 6 heteroatoms. The van der Waals surface area contributed by atoms with Gasteiger partial charge in [0.25, 0.3) is 0 Å². The second-order valence-electron chi connectivity index (χ2n) is 4.65. The van der Waals surface area contributed by atoms with Crippen molar-refractivity contribution in [1.29, 1.82) is 0 Å².